The molecule has 0 spiro atoms. The van der Waals surface area contributed by atoms with Crippen LogP contribution in [0.2, 0.25) is 0 Å². The summed E-state index contributed by atoms with van der Waals surface area (Å²) in [6.07, 6.45) is 0. The average Bonchev–Trinajstić information content (AvgIpc) is 2.13. The summed E-state index contributed by atoms with van der Waals surface area (Å²) in [6.45, 7) is 6.00. The molecule has 0 bridgehead atoms. The van der Waals surface area contributed by atoms with Gasteiger partial charge in [0.15, 0.2) is 0 Å². The third-order valence-electron chi connectivity index (χ3n) is 1.37. The van der Waals surface area contributed by atoms with Crippen LogP contribution in [0.5, 0.6) is 0 Å². The van der Waals surface area contributed by atoms with Gasteiger partial charge in [0.2, 0.25) is 0 Å². The summed E-state index contributed by atoms with van der Waals surface area (Å²) >= 11 is 0. The summed E-state index contributed by atoms with van der Waals surface area (Å²) in [5.41, 5.74) is 0. The van der Waals surface area contributed by atoms with Crippen LogP contribution in [0.4, 0.5) is 0 Å². The summed E-state index contributed by atoms with van der Waals surface area (Å²) in [5.74, 6) is 0. The normalized spacial score (nSPS) is 23.7. The van der Waals surface area contributed by atoms with E-state index >= 15 is 0 Å². The van der Waals surface area contributed by atoms with E-state index in [9.17, 15) is 0 Å². The van der Waals surface area contributed by atoms with E-state index in [1.807, 2.05) is 0 Å². The summed E-state index contributed by atoms with van der Waals surface area (Å²) in [5, 5.41) is 0. The molecule has 0 atom stereocenters. The fourth-order valence-electron chi connectivity index (χ4n) is 0.725. The fraction of sp³-hybridized carbons (Fsp3) is 1.00. The Balaban J connectivity index is 2.18. The standard InChI is InChI=1S/C6H13NO2/c1-2-7-5-8-3-4-9-6-7/h2-6H2,1H3. The predicted octanol–water partition coefficient (Wildman–Crippen LogP) is 0.270. The van der Waals surface area contributed by atoms with Gasteiger partial charge in [0.05, 0.1) is 13.2 Å². The highest BCUT2D eigenvalue weighted by atomic mass is 16.6. The zero-order chi connectivity index (χ0) is 6.53. The second-order valence-corrected chi connectivity index (χ2v) is 2.06. The SMILES string of the molecule is CCN1COCCOC1. The first kappa shape index (κ1) is 6.99. The molecular formula is C6H13NO2. The summed E-state index contributed by atoms with van der Waals surface area (Å²) in [7, 11) is 0. The summed E-state index contributed by atoms with van der Waals surface area (Å²) in [6, 6.07) is 0. The van der Waals surface area contributed by atoms with E-state index in [1.54, 1.807) is 0 Å². The molecule has 0 aromatic carbocycles. The highest BCUT2D eigenvalue weighted by Gasteiger charge is 2.04. The maximum Gasteiger partial charge on any atom is 0.101 e. The van der Waals surface area contributed by atoms with Crippen LogP contribution in [0.3, 0.4) is 0 Å². The van der Waals surface area contributed by atoms with Gasteiger partial charge in [0.25, 0.3) is 0 Å². The molecule has 0 N–H and O–H groups in total. The van der Waals surface area contributed by atoms with Crippen molar-refractivity contribution in [2.45, 2.75) is 6.92 Å². The third kappa shape index (κ3) is 2.30. The van der Waals surface area contributed by atoms with Crippen LogP contribution in [0.1, 0.15) is 6.92 Å². The first-order valence-electron chi connectivity index (χ1n) is 3.31. The molecule has 1 rings (SSSR count). The molecule has 0 amide bonds. The quantitative estimate of drug-likeness (QED) is 0.510. The van der Waals surface area contributed by atoms with Gasteiger partial charge in [-0.2, -0.15) is 0 Å². The molecule has 1 saturated heterocycles. The second kappa shape index (κ2) is 3.82. The Morgan fingerprint density at radius 2 is 1.78 bits per heavy atom. The van der Waals surface area contributed by atoms with Crippen LogP contribution >= 0.6 is 0 Å². The topological polar surface area (TPSA) is 21.7 Å². The van der Waals surface area contributed by atoms with Crippen molar-refractivity contribution >= 4 is 0 Å². The van der Waals surface area contributed by atoms with Crippen LogP contribution in [0, 0.1) is 0 Å². The van der Waals surface area contributed by atoms with Crippen molar-refractivity contribution < 1.29 is 9.47 Å². The Bertz CT molecular complexity index is 69.5. The molecule has 1 aliphatic rings. The summed E-state index contributed by atoms with van der Waals surface area (Å²) in [4.78, 5) is 2.10. The molecule has 1 aliphatic heterocycles. The number of hydrogen-bond acceptors (Lipinski definition) is 3. The zero-order valence-electron chi connectivity index (χ0n) is 5.80. The molecule has 1 heterocycles. The Hall–Kier alpha value is -0.120. The van der Waals surface area contributed by atoms with E-state index in [4.69, 9.17) is 9.47 Å². The van der Waals surface area contributed by atoms with E-state index in [0.29, 0.717) is 0 Å². The average molecular weight is 131 g/mol. The minimum Gasteiger partial charge on any atom is -0.364 e. The highest BCUT2D eigenvalue weighted by Crippen LogP contribution is 1.94. The third-order valence-corrected chi connectivity index (χ3v) is 1.37. The predicted molar refractivity (Wildman–Crippen MR) is 34.0 cm³/mol. The van der Waals surface area contributed by atoms with Crippen LogP contribution in [-0.4, -0.2) is 38.1 Å². The largest absolute Gasteiger partial charge is 0.364 e. The van der Waals surface area contributed by atoms with E-state index in [-0.39, 0.29) is 0 Å². The van der Waals surface area contributed by atoms with Crippen molar-refractivity contribution in [1.29, 1.82) is 0 Å². The van der Waals surface area contributed by atoms with Crippen molar-refractivity contribution in [2.75, 3.05) is 33.2 Å². The van der Waals surface area contributed by atoms with Crippen LogP contribution in [0.25, 0.3) is 0 Å². The van der Waals surface area contributed by atoms with Crippen LogP contribution in [-0.2, 0) is 9.47 Å². The van der Waals surface area contributed by atoms with Gasteiger partial charge in [-0.25, -0.2) is 0 Å². The zero-order valence-corrected chi connectivity index (χ0v) is 5.80. The first-order valence-corrected chi connectivity index (χ1v) is 3.31. The van der Waals surface area contributed by atoms with Gasteiger partial charge in [-0.3, -0.25) is 4.90 Å². The van der Waals surface area contributed by atoms with Gasteiger partial charge in [0.1, 0.15) is 13.5 Å². The van der Waals surface area contributed by atoms with Crippen molar-refractivity contribution in [3.05, 3.63) is 0 Å². The van der Waals surface area contributed by atoms with Gasteiger partial charge in [-0.1, -0.05) is 6.92 Å². The lowest BCUT2D eigenvalue weighted by atomic mass is 10.7. The number of nitrogens with zero attached hydrogens (tertiary/aromatic N) is 1. The monoisotopic (exact) mass is 131 g/mol. The van der Waals surface area contributed by atoms with Crippen molar-refractivity contribution in [3.8, 4) is 0 Å². The molecule has 3 heteroatoms. The molecule has 0 unspecified atom stereocenters. The van der Waals surface area contributed by atoms with Crippen LogP contribution in [0.15, 0.2) is 0 Å². The van der Waals surface area contributed by atoms with Gasteiger partial charge >= 0.3 is 0 Å². The van der Waals surface area contributed by atoms with E-state index < -0.39 is 0 Å². The van der Waals surface area contributed by atoms with E-state index in [2.05, 4.69) is 11.8 Å². The molecule has 3 nitrogen and oxygen atoms in total. The lowest BCUT2D eigenvalue weighted by molar-refractivity contribution is 0.0308. The van der Waals surface area contributed by atoms with E-state index in [1.165, 1.54) is 0 Å². The maximum absolute atomic E-state index is 5.20. The molecule has 0 aromatic rings. The molecule has 0 saturated carbocycles. The number of ether oxygens (including phenoxy) is 2. The Morgan fingerprint density at radius 3 is 2.22 bits per heavy atom. The minimum absolute atomic E-state index is 0.719. The number of hydrogen-bond donors (Lipinski definition) is 0. The lowest BCUT2D eigenvalue weighted by Gasteiger charge is -2.14. The molecule has 54 valence electrons. The Labute approximate surface area is 55.5 Å². The minimum atomic E-state index is 0.719. The molecule has 0 aliphatic carbocycles. The molecule has 0 aromatic heterocycles. The summed E-state index contributed by atoms with van der Waals surface area (Å²) < 4.78 is 10.4. The first-order chi connectivity index (χ1) is 4.43. The van der Waals surface area contributed by atoms with E-state index in [0.717, 1.165) is 33.2 Å². The second-order valence-electron chi connectivity index (χ2n) is 2.06. The maximum atomic E-state index is 5.20. The highest BCUT2D eigenvalue weighted by molar-refractivity contribution is 4.44. The Kier molecular flexibility index (Phi) is 2.97. The van der Waals surface area contributed by atoms with Gasteiger partial charge in [-0.05, 0) is 6.54 Å². The van der Waals surface area contributed by atoms with Crippen LogP contribution < -0.4 is 0 Å². The lowest BCUT2D eigenvalue weighted by Crippen LogP contribution is -2.25. The smallest absolute Gasteiger partial charge is 0.101 e. The molecular weight excluding hydrogens is 118 g/mol. The van der Waals surface area contributed by atoms with Crippen molar-refractivity contribution in [2.24, 2.45) is 0 Å². The van der Waals surface area contributed by atoms with Gasteiger partial charge in [0, 0.05) is 0 Å². The fourth-order valence-corrected chi connectivity index (χ4v) is 0.725. The molecule has 1 fully saturated rings. The molecule has 9 heavy (non-hydrogen) atoms. The van der Waals surface area contributed by atoms with Gasteiger partial charge in [-0.15, -0.1) is 0 Å². The Morgan fingerprint density at radius 1 is 1.22 bits per heavy atom. The number of rotatable bonds is 1. The van der Waals surface area contributed by atoms with Gasteiger partial charge < -0.3 is 9.47 Å². The molecule has 0 radical (unpaired) electrons. The van der Waals surface area contributed by atoms with Crippen molar-refractivity contribution in [3.63, 3.8) is 0 Å². The van der Waals surface area contributed by atoms with Crippen molar-refractivity contribution in [1.82, 2.24) is 4.90 Å².